The van der Waals surface area contributed by atoms with Crippen molar-refractivity contribution in [2.75, 3.05) is 21.1 Å². The fourth-order valence-corrected chi connectivity index (χ4v) is 3.61. The molecule has 1 aliphatic rings. The monoisotopic (exact) mass is 477 g/mol. The van der Waals surface area contributed by atoms with Crippen molar-refractivity contribution in [1.29, 1.82) is 0 Å². The zero-order chi connectivity index (χ0) is 23.6. The number of carbonyl (C=O) groups excluding carboxylic acids is 3. The fraction of sp³-hybridized carbons (Fsp3) is 0.409. The third-order valence-corrected chi connectivity index (χ3v) is 5.54. The Hall–Kier alpha value is -3.40. The van der Waals surface area contributed by atoms with Gasteiger partial charge in [-0.1, -0.05) is 31.2 Å². The molecule has 1 atom stereocenters. The number of nitrogens with one attached hydrogen (secondary N) is 1. The van der Waals surface area contributed by atoms with Crippen molar-refractivity contribution in [2.24, 2.45) is 0 Å². The summed E-state index contributed by atoms with van der Waals surface area (Å²) in [5.74, 6) is -2.82. The molecule has 2 N–H and O–H groups in total. The molecule has 33 heavy (non-hydrogen) atoms. The van der Waals surface area contributed by atoms with Crippen molar-refractivity contribution in [3.63, 3.8) is 0 Å². The molecule has 0 bridgehead atoms. The van der Waals surface area contributed by atoms with E-state index in [4.69, 9.17) is 11.6 Å². The highest BCUT2D eigenvalue weighted by molar-refractivity contribution is 6.34. The van der Waals surface area contributed by atoms with Gasteiger partial charge in [0.25, 0.3) is 11.5 Å². The largest absolute Gasteiger partial charge is 0.501 e. The molecule has 1 unspecified atom stereocenters. The summed E-state index contributed by atoms with van der Waals surface area (Å²) in [7, 11) is 4.38. The first-order valence-electron chi connectivity index (χ1n) is 9.96. The van der Waals surface area contributed by atoms with E-state index in [0.29, 0.717) is 17.9 Å². The van der Waals surface area contributed by atoms with Gasteiger partial charge in [-0.15, -0.1) is 0 Å². The van der Waals surface area contributed by atoms with E-state index >= 15 is 0 Å². The Labute approximate surface area is 196 Å². The Morgan fingerprint density at radius 3 is 2.42 bits per heavy atom. The maximum atomic E-state index is 12.7. The van der Waals surface area contributed by atoms with Crippen LogP contribution in [0.5, 0.6) is 5.75 Å². The predicted molar refractivity (Wildman–Crippen MR) is 123 cm³/mol. The van der Waals surface area contributed by atoms with E-state index in [1.54, 1.807) is 24.3 Å². The molecular weight excluding hydrogens is 450 g/mol. The Kier molecular flexibility index (Phi) is 8.21. The van der Waals surface area contributed by atoms with Crippen LogP contribution in [-0.2, 0) is 22.7 Å². The second-order valence-electron chi connectivity index (χ2n) is 7.71. The first-order valence-corrected chi connectivity index (χ1v) is 10.3. The van der Waals surface area contributed by atoms with E-state index in [2.05, 4.69) is 10.3 Å². The molecule has 3 amide bonds. The lowest BCUT2D eigenvalue weighted by Crippen LogP contribution is -2.45. The average Bonchev–Trinajstić information content (AvgIpc) is 2.78. The molecule has 2 heterocycles. The van der Waals surface area contributed by atoms with Crippen LogP contribution in [0, 0.1) is 0 Å². The molecule has 0 aliphatic carbocycles. The number of nitrogens with zero attached hydrogens (tertiary/aromatic N) is 4. The second kappa shape index (κ2) is 10.5. The van der Waals surface area contributed by atoms with Crippen LogP contribution in [-0.4, -0.2) is 63.3 Å². The lowest BCUT2D eigenvalue weighted by molar-refractivity contribution is -0.151. The van der Waals surface area contributed by atoms with E-state index in [-0.39, 0.29) is 26.3 Å². The Morgan fingerprint density at radius 2 is 1.82 bits per heavy atom. The van der Waals surface area contributed by atoms with Crippen molar-refractivity contribution in [1.82, 2.24) is 24.7 Å². The Bertz CT molecular complexity index is 1110. The number of fused-ring (bicyclic) bond motifs is 1. The standard InChI is InChI=1S/C21H24ClN5O5.CH4/c1-25(2)20(31)21(32)26(3)14-5-4-10-27-17(14)24-15(16(28)19(27)30)18(29)23-11-12-6-8-13(22)9-7-12;/h6-9,14,28H,4-5,10-11H2,1-3H3,(H,23,29);1H4. The molecule has 1 aromatic carbocycles. The molecule has 3 rings (SSSR count). The van der Waals surface area contributed by atoms with Gasteiger partial charge in [-0.3, -0.25) is 23.7 Å². The highest BCUT2D eigenvalue weighted by Crippen LogP contribution is 2.29. The summed E-state index contributed by atoms with van der Waals surface area (Å²) >= 11 is 5.85. The van der Waals surface area contributed by atoms with Crippen molar-refractivity contribution >= 4 is 29.3 Å². The topological polar surface area (TPSA) is 125 Å². The van der Waals surface area contributed by atoms with Crippen molar-refractivity contribution in [3.05, 3.63) is 56.7 Å². The van der Waals surface area contributed by atoms with Crippen LogP contribution in [0.4, 0.5) is 0 Å². The van der Waals surface area contributed by atoms with Gasteiger partial charge in [-0.25, -0.2) is 4.98 Å². The number of hydrogen-bond acceptors (Lipinski definition) is 6. The van der Waals surface area contributed by atoms with E-state index in [0.717, 1.165) is 10.5 Å². The zero-order valence-electron chi connectivity index (χ0n) is 18.0. The summed E-state index contributed by atoms with van der Waals surface area (Å²) in [6.45, 7) is 0.413. The number of amides is 3. The minimum atomic E-state index is -0.767. The smallest absolute Gasteiger partial charge is 0.312 e. The summed E-state index contributed by atoms with van der Waals surface area (Å²) < 4.78 is 1.24. The molecule has 2 aromatic rings. The number of likely N-dealkylation sites (N-methyl/N-ethyl adjacent to an activating group) is 2. The quantitative estimate of drug-likeness (QED) is 0.644. The number of halogens is 1. The number of aromatic hydroxyl groups is 1. The molecule has 0 saturated carbocycles. The van der Waals surface area contributed by atoms with Gasteiger partial charge in [0.2, 0.25) is 5.75 Å². The van der Waals surface area contributed by atoms with Gasteiger partial charge in [-0.2, -0.15) is 0 Å². The van der Waals surface area contributed by atoms with Crippen LogP contribution in [0.15, 0.2) is 29.1 Å². The number of hydrogen-bond donors (Lipinski definition) is 2. The predicted octanol–water partition coefficient (Wildman–Crippen LogP) is 1.55. The van der Waals surface area contributed by atoms with Crippen molar-refractivity contribution in [2.45, 2.75) is 39.4 Å². The number of benzene rings is 1. The Balaban J connectivity index is 0.00000385. The molecule has 1 aromatic heterocycles. The number of rotatable bonds is 4. The van der Waals surface area contributed by atoms with E-state index in [9.17, 15) is 24.3 Å². The van der Waals surface area contributed by atoms with Gasteiger partial charge >= 0.3 is 11.8 Å². The second-order valence-corrected chi connectivity index (χ2v) is 8.14. The van der Waals surface area contributed by atoms with Crippen molar-refractivity contribution < 1.29 is 19.5 Å². The van der Waals surface area contributed by atoms with Crippen LogP contribution in [0.3, 0.4) is 0 Å². The number of aromatic nitrogens is 2. The van der Waals surface area contributed by atoms with Crippen LogP contribution >= 0.6 is 11.6 Å². The molecule has 0 fully saturated rings. The minimum Gasteiger partial charge on any atom is -0.501 e. The van der Waals surface area contributed by atoms with Gasteiger partial charge in [-0.05, 0) is 30.5 Å². The van der Waals surface area contributed by atoms with Gasteiger partial charge < -0.3 is 20.2 Å². The summed E-state index contributed by atoms with van der Waals surface area (Å²) in [6, 6.07) is 6.12. The van der Waals surface area contributed by atoms with E-state index in [1.807, 2.05) is 0 Å². The third kappa shape index (κ3) is 5.33. The van der Waals surface area contributed by atoms with Crippen LogP contribution in [0.25, 0.3) is 0 Å². The zero-order valence-corrected chi connectivity index (χ0v) is 18.7. The normalized spacial score (nSPS) is 14.5. The van der Waals surface area contributed by atoms with E-state index in [1.165, 1.54) is 30.6 Å². The SMILES string of the molecule is C.CN(C)C(=O)C(=O)N(C)C1CCCn2c1nc(C(=O)NCc1ccc(Cl)cc1)c(O)c2=O. The van der Waals surface area contributed by atoms with Crippen LogP contribution in [0.2, 0.25) is 5.02 Å². The molecule has 10 nitrogen and oxygen atoms in total. The average molecular weight is 478 g/mol. The van der Waals surface area contributed by atoms with Gasteiger partial charge in [0.1, 0.15) is 5.82 Å². The minimum absolute atomic E-state index is 0. The fourth-order valence-electron chi connectivity index (χ4n) is 3.48. The summed E-state index contributed by atoms with van der Waals surface area (Å²) in [5.41, 5.74) is -0.430. The molecule has 178 valence electrons. The third-order valence-electron chi connectivity index (χ3n) is 5.29. The number of carbonyl (C=O) groups is 3. The van der Waals surface area contributed by atoms with Gasteiger partial charge in [0, 0.05) is 39.3 Å². The van der Waals surface area contributed by atoms with Gasteiger partial charge in [0.15, 0.2) is 5.69 Å². The van der Waals surface area contributed by atoms with Crippen LogP contribution in [0.1, 0.15) is 48.2 Å². The molecule has 0 radical (unpaired) electrons. The molecule has 0 spiro atoms. The van der Waals surface area contributed by atoms with Crippen molar-refractivity contribution in [3.8, 4) is 5.75 Å². The first kappa shape index (κ1) is 25.9. The summed E-state index contributed by atoms with van der Waals surface area (Å²) in [4.78, 5) is 56.7. The molecule has 1 aliphatic heterocycles. The summed E-state index contributed by atoms with van der Waals surface area (Å²) in [5, 5.41) is 13.5. The molecule has 0 saturated heterocycles. The van der Waals surface area contributed by atoms with Crippen LogP contribution < -0.4 is 10.9 Å². The molecule has 11 heteroatoms. The Morgan fingerprint density at radius 1 is 1.18 bits per heavy atom. The highest BCUT2D eigenvalue weighted by atomic mass is 35.5. The highest BCUT2D eigenvalue weighted by Gasteiger charge is 2.34. The first-order chi connectivity index (χ1) is 15.1. The lowest BCUT2D eigenvalue weighted by atomic mass is 10.0. The summed E-state index contributed by atoms with van der Waals surface area (Å²) in [6.07, 6.45) is 0.987. The van der Waals surface area contributed by atoms with Gasteiger partial charge in [0.05, 0.1) is 6.04 Å². The maximum absolute atomic E-state index is 12.7. The maximum Gasteiger partial charge on any atom is 0.312 e. The molecular formula is C22H28ClN5O5. The van der Waals surface area contributed by atoms with E-state index < -0.39 is 40.8 Å². The lowest BCUT2D eigenvalue weighted by Gasteiger charge is -2.33.